The maximum Gasteiger partial charge on any atom is 0.206 e. The molecule has 2 aromatic heterocycles. The molecule has 0 bridgehead atoms. The van der Waals surface area contributed by atoms with Crippen LogP contribution in [0.4, 0.5) is 5.69 Å². The molecule has 2 aromatic carbocycles. The van der Waals surface area contributed by atoms with Gasteiger partial charge in [0.25, 0.3) is 0 Å². The molecule has 4 nitrogen and oxygen atoms in total. The van der Waals surface area contributed by atoms with E-state index >= 15 is 0 Å². The molecule has 0 unspecified atom stereocenters. The highest BCUT2D eigenvalue weighted by Gasteiger charge is 2.37. The largest absolute Gasteiger partial charge is 0.347 e. The second kappa shape index (κ2) is 9.57. The summed E-state index contributed by atoms with van der Waals surface area (Å²) in [5, 5.41) is 9.14. The monoisotopic (exact) mass is 484 g/mol. The number of thiazole rings is 1. The number of anilines is 1. The van der Waals surface area contributed by atoms with Crippen molar-refractivity contribution in [3.05, 3.63) is 105 Å². The Balaban J connectivity index is 1.47. The Morgan fingerprint density at radius 2 is 1.74 bits per heavy atom. The number of para-hydroxylation sites is 1. The molecule has 1 aliphatic heterocycles. The van der Waals surface area contributed by atoms with Crippen LogP contribution in [0.5, 0.6) is 0 Å². The van der Waals surface area contributed by atoms with Gasteiger partial charge in [0.05, 0.1) is 10.6 Å². The summed E-state index contributed by atoms with van der Waals surface area (Å²) in [4.78, 5) is 9.27. The van der Waals surface area contributed by atoms with Crippen LogP contribution < -0.4 is 9.70 Å². The molecule has 0 saturated carbocycles. The zero-order valence-corrected chi connectivity index (χ0v) is 21.3. The molecule has 1 aliphatic rings. The van der Waals surface area contributed by atoms with Crippen molar-refractivity contribution in [3.63, 3.8) is 0 Å². The average molecular weight is 485 g/mol. The summed E-state index contributed by atoms with van der Waals surface area (Å²) < 4.78 is 1.98. The van der Waals surface area contributed by atoms with Gasteiger partial charge in [-0.3, -0.25) is 4.99 Å². The van der Waals surface area contributed by atoms with Crippen LogP contribution in [-0.4, -0.2) is 24.5 Å². The molecule has 0 radical (unpaired) electrons. The summed E-state index contributed by atoms with van der Waals surface area (Å²) in [6.45, 7) is 5.28. The van der Waals surface area contributed by atoms with Gasteiger partial charge in [-0.1, -0.05) is 68.4 Å². The van der Waals surface area contributed by atoms with Crippen LogP contribution in [0, 0.1) is 0 Å². The third-order valence-electron chi connectivity index (χ3n) is 6.30. The molecule has 6 heteroatoms. The number of benzene rings is 2. The van der Waals surface area contributed by atoms with Crippen LogP contribution in [0.25, 0.3) is 10.6 Å². The lowest BCUT2D eigenvalue weighted by Gasteiger charge is -2.23. The van der Waals surface area contributed by atoms with Crippen molar-refractivity contribution in [2.45, 2.75) is 25.7 Å². The number of hydrogen-bond acceptors (Lipinski definition) is 5. The van der Waals surface area contributed by atoms with E-state index in [-0.39, 0.29) is 5.41 Å². The van der Waals surface area contributed by atoms with Gasteiger partial charge in [0, 0.05) is 42.0 Å². The first-order valence-electron chi connectivity index (χ1n) is 11.4. The number of aromatic nitrogens is 1. The Kier molecular flexibility index (Phi) is 6.35. The van der Waals surface area contributed by atoms with E-state index in [4.69, 9.17) is 10.1 Å². The minimum Gasteiger partial charge on any atom is -0.347 e. The maximum absolute atomic E-state index is 4.90. The summed E-state index contributed by atoms with van der Waals surface area (Å²) in [6.07, 6.45) is 4.97. The summed E-state index contributed by atoms with van der Waals surface area (Å²) in [5.74, 6) is 0. The molecule has 3 heterocycles. The van der Waals surface area contributed by atoms with Gasteiger partial charge < -0.3 is 4.90 Å². The van der Waals surface area contributed by atoms with E-state index in [0.29, 0.717) is 0 Å². The van der Waals surface area contributed by atoms with Gasteiger partial charge in [0.15, 0.2) is 0 Å². The Bertz CT molecular complexity index is 1390. The summed E-state index contributed by atoms with van der Waals surface area (Å²) in [7, 11) is 2.13. The molecular formula is C28H28N4S2. The second-order valence-corrected chi connectivity index (χ2v) is 10.6. The van der Waals surface area contributed by atoms with Crippen molar-refractivity contribution >= 4 is 34.6 Å². The molecule has 0 aliphatic carbocycles. The molecular weight excluding hydrogens is 456 g/mol. The number of thiophene rings is 1. The molecule has 5 rings (SSSR count). The van der Waals surface area contributed by atoms with Crippen LogP contribution in [0.1, 0.15) is 25.0 Å². The highest BCUT2D eigenvalue weighted by molar-refractivity contribution is 7.14. The minimum absolute atomic E-state index is 0.0733. The Hall–Kier alpha value is -3.22. The first-order chi connectivity index (χ1) is 16.6. The summed E-state index contributed by atoms with van der Waals surface area (Å²) >= 11 is 3.36. The molecule has 34 heavy (non-hydrogen) atoms. The molecule has 4 aromatic rings. The van der Waals surface area contributed by atoms with Crippen LogP contribution in [-0.2, 0) is 11.8 Å². The van der Waals surface area contributed by atoms with Gasteiger partial charge in [-0.2, -0.15) is 5.10 Å². The van der Waals surface area contributed by atoms with Crippen LogP contribution in [0.3, 0.4) is 0 Å². The van der Waals surface area contributed by atoms with Crippen molar-refractivity contribution in [2.75, 3.05) is 18.5 Å². The molecule has 0 spiro atoms. The zero-order valence-electron chi connectivity index (χ0n) is 19.7. The lowest BCUT2D eigenvalue weighted by atomic mass is 9.84. The molecule has 0 fully saturated rings. The van der Waals surface area contributed by atoms with Crippen LogP contribution in [0.2, 0.25) is 0 Å². The van der Waals surface area contributed by atoms with E-state index in [1.165, 1.54) is 27.4 Å². The van der Waals surface area contributed by atoms with Crippen LogP contribution in [0.15, 0.2) is 99.4 Å². The van der Waals surface area contributed by atoms with E-state index in [2.05, 4.69) is 103 Å². The number of allylic oxidation sites excluding steroid dienone is 2. The lowest BCUT2D eigenvalue weighted by Crippen LogP contribution is -2.23. The SMILES string of the molecule is CN1/C(=C\C=N\n2c(-c3cccs3)csc2=NCCc2ccccc2)C(C)(C)c2ccccc21. The van der Waals surface area contributed by atoms with Gasteiger partial charge in [-0.25, -0.2) is 4.68 Å². The first kappa shape index (κ1) is 22.6. The third kappa shape index (κ3) is 4.31. The quantitative estimate of drug-likeness (QED) is 0.285. The van der Waals surface area contributed by atoms with Gasteiger partial charge in [-0.05, 0) is 41.1 Å². The Morgan fingerprint density at radius 3 is 2.50 bits per heavy atom. The highest BCUT2D eigenvalue weighted by atomic mass is 32.1. The first-order valence-corrected chi connectivity index (χ1v) is 13.2. The van der Waals surface area contributed by atoms with Crippen molar-refractivity contribution < 1.29 is 0 Å². The van der Waals surface area contributed by atoms with Crippen molar-refractivity contribution in [2.24, 2.45) is 10.1 Å². The predicted octanol–water partition coefficient (Wildman–Crippen LogP) is 6.57. The normalized spacial score (nSPS) is 16.6. The fourth-order valence-corrected chi connectivity index (χ4v) is 6.17. The minimum atomic E-state index is -0.0733. The van der Waals surface area contributed by atoms with Gasteiger partial charge in [0.1, 0.15) is 0 Å². The Labute approximate surface area is 208 Å². The number of nitrogens with zero attached hydrogens (tertiary/aromatic N) is 4. The summed E-state index contributed by atoms with van der Waals surface area (Å²) in [6, 6.07) is 23.3. The highest BCUT2D eigenvalue weighted by Crippen LogP contribution is 2.46. The zero-order chi connectivity index (χ0) is 23.5. The number of rotatable bonds is 6. The van der Waals surface area contributed by atoms with Crippen molar-refractivity contribution in [1.29, 1.82) is 0 Å². The van der Waals surface area contributed by atoms with Gasteiger partial charge in [0.2, 0.25) is 4.80 Å². The van der Waals surface area contributed by atoms with E-state index < -0.39 is 0 Å². The van der Waals surface area contributed by atoms with E-state index in [9.17, 15) is 0 Å². The van der Waals surface area contributed by atoms with Crippen molar-refractivity contribution in [1.82, 2.24) is 4.68 Å². The molecule has 0 saturated heterocycles. The topological polar surface area (TPSA) is 32.9 Å². The third-order valence-corrected chi connectivity index (χ3v) is 8.05. The lowest BCUT2D eigenvalue weighted by molar-refractivity contribution is 0.641. The number of fused-ring (bicyclic) bond motifs is 1. The average Bonchev–Trinajstić information content (AvgIpc) is 3.56. The van der Waals surface area contributed by atoms with Gasteiger partial charge in [-0.15, -0.1) is 22.7 Å². The standard InChI is InChI=1S/C28H28N4S2/c1-28(2)22-12-7-8-13-23(22)31(3)26(28)16-18-30-32-24(25-14-9-19-33-25)20-34-27(32)29-17-15-21-10-5-4-6-11-21/h4-14,16,18-20H,15,17H2,1-3H3/b26-16-,29-27?,30-18+. The van der Waals surface area contributed by atoms with E-state index in [1.807, 2.05) is 17.0 Å². The molecule has 0 atom stereocenters. The van der Waals surface area contributed by atoms with Crippen LogP contribution >= 0.6 is 22.7 Å². The number of hydrogen-bond donors (Lipinski definition) is 0. The van der Waals surface area contributed by atoms with E-state index in [0.717, 1.165) is 23.5 Å². The maximum atomic E-state index is 4.90. The second-order valence-electron chi connectivity index (χ2n) is 8.83. The van der Waals surface area contributed by atoms with E-state index in [1.54, 1.807) is 22.7 Å². The smallest absolute Gasteiger partial charge is 0.206 e. The molecule has 172 valence electrons. The summed E-state index contributed by atoms with van der Waals surface area (Å²) in [5.41, 5.74) is 6.13. The fourth-order valence-electron chi connectivity index (χ4n) is 4.51. The fraction of sp³-hybridized carbons (Fsp3) is 0.214. The number of likely N-dealkylation sites (N-methyl/N-ethyl adjacent to an activating group) is 1. The van der Waals surface area contributed by atoms with Crippen molar-refractivity contribution in [3.8, 4) is 10.6 Å². The predicted molar refractivity (Wildman–Crippen MR) is 146 cm³/mol. The molecule has 0 N–H and O–H groups in total. The van der Waals surface area contributed by atoms with Gasteiger partial charge >= 0.3 is 0 Å². The Morgan fingerprint density at radius 1 is 0.941 bits per heavy atom. The molecule has 0 amide bonds.